The number of carbonyl (C=O) groups is 1. The highest BCUT2D eigenvalue weighted by Crippen LogP contribution is 2.24. The molecular formula is C15H20ClFN2O. The summed E-state index contributed by atoms with van der Waals surface area (Å²) in [6.45, 7) is 5.48. The summed E-state index contributed by atoms with van der Waals surface area (Å²) in [4.78, 5) is 14.1. The number of amides is 1. The largest absolute Gasteiger partial charge is 0.339 e. The van der Waals surface area contributed by atoms with Gasteiger partial charge in [0.25, 0.3) is 5.91 Å². The third-order valence-corrected chi connectivity index (χ3v) is 4.15. The first-order chi connectivity index (χ1) is 9.63. The van der Waals surface area contributed by atoms with Gasteiger partial charge in [-0.25, -0.2) is 4.39 Å². The van der Waals surface area contributed by atoms with Crippen LogP contribution in [0.15, 0.2) is 18.2 Å². The van der Waals surface area contributed by atoms with Crippen molar-refractivity contribution in [2.75, 3.05) is 26.2 Å². The van der Waals surface area contributed by atoms with Gasteiger partial charge < -0.3 is 10.2 Å². The van der Waals surface area contributed by atoms with Gasteiger partial charge in [-0.2, -0.15) is 0 Å². The number of benzene rings is 1. The van der Waals surface area contributed by atoms with Crippen LogP contribution in [0.2, 0.25) is 5.02 Å². The van der Waals surface area contributed by atoms with Gasteiger partial charge in [0.05, 0.1) is 10.6 Å². The van der Waals surface area contributed by atoms with E-state index >= 15 is 0 Å². The van der Waals surface area contributed by atoms with Crippen LogP contribution < -0.4 is 5.32 Å². The maximum Gasteiger partial charge on any atom is 0.255 e. The maximum absolute atomic E-state index is 13.4. The summed E-state index contributed by atoms with van der Waals surface area (Å²) in [6.07, 6.45) is 1.96. The summed E-state index contributed by atoms with van der Waals surface area (Å²) >= 11 is 5.87. The second-order valence-corrected chi connectivity index (χ2v) is 5.52. The smallest absolute Gasteiger partial charge is 0.255 e. The molecule has 1 aromatic carbocycles. The monoisotopic (exact) mass is 298 g/mol. The molecule has 1 aliphatic rings. The van der Waals surface area contributed by atoms with E-state index < -0.39 is 5.82 Å². The van der Waals surface area contributed by atoms with E-state index in [1.54, 1.807) is 11.0 Å². The van der Waals surface area contributed by atoms with E-state index in [2.05, 4.69) is 12.2 Å². The molecule has 0 saturated carbocycles. The average Bonchev–Trinajstić information content (AvgIpc) is 2.48. The zero-order chi connectivity index (χ0) is 14.5. The van der Waals surface area contributed by atoms with E-state index in [-0.39, 0.29) is 16.5 Å². The van der Waals surface area contributed by atoms with Gasteiger partial charge in [-0.05, 0) is 44.0 Å². The van der Waals surface area contributed by atoms with Crippen molar-refractivity contribution in [1.82, 2.24) is 10.2 Å². The molecule has 110 valence electrons. The van der Waals surface area contributed by atoms with Crippen molar-refractivity contribution in [3.05, 3.63) is 34.6 Å². The quantitative estimate of drug-likeness (QED) is 0.927. The Labute approximate surface area is 124 Å². The predicted octanol–water partition coefficient (Wildman–Crippen LogP) is 2.94. The Hall–Kier alpha value is -1.13. The normalized spacial score (nSPS) is 16.4. The van der Waals surface area contributed by atoms with E-state index in [1.807, 2.05) is 0 Å². The zero-order valence-electron chi connectivity index (χ0n) is 11.7. The lowest BCUT2D eigenvalue weighted by Gasteiger charge is -2.32. The number of hydrogen-bond acceptors (Lipinski definition) is 2. The van der Waals surface area contributed by atoms with Crippen molar-refractivity contribution >= 4 is 17.5 Å². The molecule has 1 N–H and O–H groups in total. The zero-order valence-corrected chi connectivity index (χ0v) is 12.4. The van der Waals surface area contributed by atoms with E-state index in [4.69, 9.17) is 11.6 Å². The summed E-state index contributed by atoms with van der Waals surface area (Å²) in [5, 5.41) is 3.26. The van der Waals surface area contributed by atoms with Crippen LogP contribution in [0.3, 0.4) is 0 Å². The summed E-state index contributed by atoms with van der Waals surface area (Å²) in [5.74, 6) is -0.0991. The van der Waals surface area contributed by atoms with E-state index in [9.17, 15) is 9.18 Å². The standard InChI is InChI=1S/C15H20ClFN2O/c1-2-18-10-11-6-8-19(9-7-11)15(20)12-4-3-5-13(17)14(12)16/h3-5,11,18H,2,6-10H2,1H3. The number of piperidine rings is 1. The van der Waals surface area contributed by atoms with Crippen LogP contribution in [0, 0.1) is 11.7 Å². The van der Waals surface area contributed by atoms with Crippen LogP contribution in [0.25, 0.3) is 0 Å². The highest BCUT2D eigenvalue weighted by atomic mass is 35.5. The van der Waals surface area contributed by atoms with Gasteiger partial charge >= 0.3 is 0 Å². The Morgan fingerprint density at radius 1 is 1.45 bits per heavy atom. The Bertz CT molecular complexity index is 473. The number of nitrogens with zero attached hydrogens (tertiary/aromatic N) is 1. The average molecular weight is 299 g/mol. The summed E-state index contributed by atoms with van der Waals surface area (Å²) in [5.41, 5.74) is 0.261. The van der Waals surface area contributed by atoms with Crippen LogP contribution in [-0.4, -0.2) is 37.0 Å². The number of likely N-dealkylation sites (tertiary alicyclic amines) is 1. The van der Waals surface area contributed by atoms with Crippen molar-refractivity contribution < 1.29 is 9.18 Å². The number of carbonyl (C=O) groups excluding carboxylic acids is 1. The Balaban J connectivity index is 1.96. The minimum Gasteiger partial charge on any atom is -0.339 e. The maximum atomic E-state index is 13.4. The molecule has 1 amide bonds. The minimum atomic E-state index is -0.542. The number of hydrogen-bond donors (Lipinski definition) is 1. The molecule has 0 unspecified atom stereocenters. The third-order valence-electron chi connectivity index (χ3n) is 3.77. The third kappa shape index (κ3) is 3.49. The van der Waals surface area contributed by atoms with E-state index in [0.717, 1.165) is 25.9 Å². The summed E-state index contributed by atoms with van der Waals surface area (Å²) in [6, 6.07) is 4.37. The lowest BCUT2D eigenvalue weighted by atomic mass is 9.96. The first-order valence-corrected chi connectivity index (χ1v) is 7.45. The highest BCUT2D eigenvalue weighted by molar-refractivity contribution is 6.34. The molecule has 0 radical (unpaired) electrons. The Morgan fingerprint density at radius 3 is 2.80 bits per heavy atom. The first-order valence-electron chi connectivity index (χ1n) is 7.07. The molecule has 0 spiro atoms. The van der Waals surface area contributed by atoms with Crippen LogP contribution in [0.5, 0.6) is 0 Å². The second kappa shape index (κ2) is 7.04. The van der Waals surface area contributed by atoms with Crippen LogP contribution >= 0.6 is 11.6 Å². The minimum absolute atomic E-state index is 0.0766. The molecule has 1 aromatic rings. The van der Waals surface area contributed by atoms with Crippen LogP contribution in [0.4, 0.5) is 4.39 Å². The Morgan fingerprint density at radius 2 is 2.15 bits per heavy atom. The molecule has 20 heavy (non-hydrogen) atoms. The van der Waals surface area contributed by atoms with Gasteiger partial charge in [-0.15, -0.1) is 0 Å². The number of nitrogens with one attached hydrogen (secondary N) is 1. The first kappa shape index (κ1) is 15.3. The second-order valence-electron chi connectivity index (χ2n) is 5.14. The number of halogens is 2. The molecule has 0 bridgehead atoms. The van der Waals surface area contributed by atoms with Crippen molar-refractivity contribution in [2.24, 2.45) is 5.92 Å². The van der Waals surface area contributed by atoms with Gasteiger partial charge in [0.2, 0.25) is 0 Å². The topological polar surface area (TPSA) is 32.3 Å². The molecule has 1 saturated heterocycles. The molecule has 2 rings (SSSR count). The fourth-order valence-corrected chi connectivity index (χ4v) is 2.73. The lowest BCUT2D eigenvalue weighted by Crippen LogP contribution is -2.40. The fourth-order valence-electron chi connectivity index (χ4n) is 2.53. The van der Waals surface area contributed by atoms with Crippen molar-refractivity contribution in [1.29, 1.82) is 0 Å². The van der Waals surface area contributed by atoms with Gasteiger partial charge in [-0.3, -0.25) is 4.79 Å². The van der Waals surface area contributed by atoms with Gasteiger partial charge in [0.1, 0.15) is 5.82 Å². The van der Waals surface area contributed by atoms with E-state index in [1.165, 1.54) is 12.1 Å². The Kier molecular flexibility index (Phi) is 5.38. The molecule has 0 atom stereocenters. The molecule has 3 nitrogen and oxygen atoms in total. The lowest BCUT2D eigenvalue weighted by molar-refractivity contribution is 0.0690. The molecule has 1 heterocycles. The summed E-state index contributed by atoms with van der Waals surface area (Å²) < 4.78 is 13.4. The molecular weight excluding hydrogens is 279 g/mol. The fraction of sp³-hybridized carbons (Fsp3) is 0.533. The van der Waals surface area contributed by atoms with Gasteiger partial charge in [-0.1, -0.05) is 24.6 Å². The summed E-state index contributed by atoms with van der Waals surface area (Å²) in [7, 11) is 0. The predicted molar refractivity (Wildman–Crippen MR) is 78.6 cm³/mol. The molecule has 0 aliphatic carbocycles. The van der Waals surface area contributed by atoms with Gasteiger partial charge in [0.15, 0.2) is 0 Å². The van der Waals surface area contributed by atoms with Crippen LogP contribution in [0.1, 0.15) is 30.1 Å². The molecule has 1 aliphatic heterocycles. The van der Waals surface area contributed by atoms with Crippen LogP contribution in [-0.2, 0) is 0 Å². The molecule has 5 heteroatoms. The highest BCUT2D eigenvalue weighted by Gasteiger charge is 2.25. The van der Waals surface area contributed by atoms with E-state index in [0.29, 0.717) is 19.0 Å². The van der Waals surface area contributed by atoms with Crippen molar-refractivity contribution in [3.63, 3.8) is 0 Å². The van der Waals surface area contributed by atoms with Gasteiger partial charge in [0, 0.05) is 13.1 Å². The van der Waals surface area contributed by atoms with Crippen molar-refractivity contribution in [3.8, 4) is 0 Å². The number of rotatable bonds is 4. The van der Waals surface area contributed by atoms with Crippen molar-refractivity contribution in [2.45, 2.75) is 19.8 Å². The molecule has 0 aromatic heterocycles. The SMILES string of the molecule is CCNCC1CCN(C(=O)c2cccc(F)c2Cl)CC1. The molecule has 1 fully saturated rings.